The molecule has 0 aromatic heterocycles. The molecule has 10 heavy (non-hydrogen) atoms. The van der Waals surface area contributed by atoms with Gasteiger partial charge in [-0.25, -0.2) is 0 Å². The van der Waals surface area contributed by atoms with Crippen LogP contribution in [0.4, 0.5) is 0 Å². The molecule has 1 heterocycles. The lowest BCUT2D eigenvalue weighted by molar-refractivity contribution is 0.0680. The molecular weight excluding hydrogens is 150 g/mol. The summed E-state index contributed by atoms with van der Waals surface area (Å²) in [4.78, 5) is 0. The Labute approximate surface area is 67.8 Å². The summed E-state index contributed by atoms with van der Waals surface area (Å²) < 4.78 is 5.14. The van der Waals surface area contributed by atoms with Crippen molar-refractivity contribution < 1.29 is 4.74 Å². The summed E-state index contributed by atoms with van der Waals surface area (Å²) >= 11 is 0. The summed E-state index contributed by atoms with van der Waals surface area (Å²) in [5.74, 6) is 0. The molecule has 0 aromatic rings. The van der Waals surface area contributed by atoms with Crippen molar-refractivity contribution in [2.45, 2.75) is 18.4 Å². The quantitative estimate of drug-likeness (QED) is 0.588. The monoisotopic (exact) mass is 163 g/mol. The standard InChI is InChI=1S/C7H13NO.ClH/c1-2-7(8)3-5-9-6-4-7;/h2H,1,3-6,8H2;1H. The van der Waals surface area contributed by atoms with E-state index in [-0.39, 0.29) is 17.9 Å². The third kappa shape index (κ3) is 2.29. The van der Waals surface area contributed by atoms with Crippen molar-refractivity contribution in [1.29, 1.82) is 0 Å². The molecule has 0 atom stereocenters. The Kier molecular flexibility index (Phi) is 3.94. The summed E-state index contributed by atoms with van der Waals surface area (Å²) in [6.07, 6.45) is 3.66. The molecule has 2 N–H and O–H groups in total. The van der Waals surface area contributed by atoms with Crippen LogP contribution in [0.25, 0.3) is 0 Å². The Hall–Kier alpha value is -0.0500. The molecule has 0 unspecified atom stereocenters. The lowest BCUT2D eigenvalue weighted by Crippen LogP contribution is -2.42. The largest absolute Gasteiger partial charge is 0.381 e. The average molecular weight is 164 g/mol. The van der Waals surface area contributed by atoms with Gasteiger partial charge in [-0.3, -0.25) is 0 Å². The van der Waals surface area contributed by atoms with Crippen LogP contribution in [0.5, 0.6) is 0 Å². The van der Waals surface area contributed by atoms with Gasteiger partial charge < -0.3 is 10.5 Å². The van der Waals surface area contributed by atoms with Crippen LogP contribution in [0.3, 0.4) is 0 Å². The molecule has 0 aromatic carbocycles. The van der Waals surface area contributed by atoms with Crippen LogP contribution in [0.2, 0.25) is 0 Å². The molecule has 0 spiro atoms. The van der Waals surface area contributed by atoms with Gasteiger partial charge in [-0.15, -0.1) is 19.0 Å². The van der Waals surface area contributed by atoms with E-state index in [0.29, 0.717) is 0 Å². The molecule has 0 radical (unpaired) electrons. The van der Waals surface area contributed by atoms with Crippen LogP contribution < -0.4 is 5.73 Å². The van der Waals surface area contributed by atoms with E-state index >= 15 is 0 Å². The number of ether oxygens (including phenoxy) is 1. The maximum atomic E-state index is 5.86. The van der Waals surface area contributed by atoms with Gasteiger partial charge in [0.15, 0.2) is 0 Å². The molecule has 3 heteroatoms. The highest BCUT2D eigenvalue weighted by Crippen LogP contribution is 2.17. The number of hydrogen-bond donors (Lipinski definition) is 1. The molecule has 1 fully saturated rings. The minimum absolute atomic E-state index is 0. The van der Waals surface area contributed by atoms with E-state index in [1.165, 1.54) is 0 Å². The van der Waals surface area contributed by atoms with E-state index in [4.69, 9.17) is 10.5 Å². The topological polar surface area (TPSA) is 35.2 Å². The second kappa shape index (κ2) is 3.96. The number of rotatable bonds is 1. The van der Waals surface area contributed by atoms with Crippen molar-refractivity contribution in [2.75, 3.05) is 13.2 Å². The summed E-state index contributed by atoms with van der Waals surface area (Å²) in [7, 11) is 0. The highest BCUT2D eigenvalue weighted by Gasteiger charge is 2.23. The minimum atomic E-state index is -0.141. The minimum Gasteiger partial charge on any atom is -0.381 e. The molecule has 1 saturated heterocycles. The van der Waals surface area contributed by atoms with Gasteiger partial charge in [0, 0.05) is 18.8 Å². The lowest BCUT2D eigenvalue weighted by Gasteiger charge is -2.29. The Morgan fingerprint density at radius 2 is 1.90 bits per heavy atom. The predicted octanol–water partition coefficient (Wildman–Crippen LogP) is 1.10. The van der Waals surface area contributed by atoms with Crippen molar-refractivity contribution in [3.63, 3.8) is 0 Å². The van der Waals surface area contributed by atoms with E-state index in [2.05, 4.69) is 6.58 Å². The van der Waals surface area contributed by atoms with E-state index < -0.39 is 0 Å². The average Bonchev–Trinajstić information content (AvgIpc) is 1.90. The molecule has 60 valence electrons. The van der Waals surface area contributed by atoms with Gasteiger partial charge in [-0.05, 0) is 12.8 Å². The maximum absolute atomic E-state index is 5.86. The highest BCUT2D eigenvalue weighted by molar-refractivity contribution is 5.85. The fraction of sp³-hybridized carbons (Fsp3) is 0.714. The Bertz CT molecular complexity index is 110. The number of hydrogen-bond acceptors (Lipinski definition) is 2. The van der Waals surface area contributed by atoms with Crippen LogP contribution in [-0.2, 0) is 4.74 Å². The molecule has 1 aliphatic rings. The fourth-order valence-electron chi connectivity index (χ4n) is 0.956. The second-order valence-corrected chi connectivity index (χ2v) is 2.55. The summed E-state index contributed by atoms with van der Waals surface area (Å²) in [5, 5.41) is 0. The second-order valence-electron chi connectivity index (χ2n) is 2.55. The Morgan fingerprint density at radius 1 is 1.40 bits per heavy atom. The van der Waals surface area contributed by atoms with Crippen LogP contribution in [0.15, 0.2) is 12.7 Å². The molecule has 2 nitrogen and oxygen atoms in total. The maximum Gasteiger partial charge on any atom is 0.0486 e. The van der Waals surface area contributed by atoms with Crippen LogP contribution in [-0.4, -0.2) is 18.8 Å². The molecule has 1 aliphatic heterocycles. The highest BCUT2D eigenvalue weighted by atomic mass is 35.5. The van der Waals surface area contributed by atoms with Crippen molar-refractivity contribution in [3.8, 4) is 0 Å². The summed E-state index contributed by atoms with van der Waals surface area (Å²) in [6.45, 7) is 5.24. The normalized spacial score (nSPS) is 22.9. The predicted molar refractivity (Wildman–Crippen MR) is 44.4 cm³/mol. The van der Waals surface area contributed by atoms with Gasteiger partial charge in [0.25, 0.3) is 0 Å². The third-order valence-corrected chi connectivity index (χ3v) is 1.83. The van der Waals surface area contributed by atoms with Crippen LogP contribution in [0, 0.1) is 0 Å². The lowest BCUT2D eigenvalue weighted by atomic mass is 9.92. The first-order valence-electron chi connectivity index (χ1n) is 3.27. The van der Waals surface area contributed by atoms with Gasteiger partial charge >= 0.3 is 0 Å². The van der Waals surface area contributed by atoms with Crippen molar-refractivity contribution in [1.82, 2.24) is 0 Å². The van der Waals surface area contributed by atoms with E-state index in [1.54, 1.807) is 0 Å². The molecular formula is C7H14ClNO. The first kappa shape index (κ1) is 9.95. The van der Waals surface area contributed by atoms with Gasteiger partial charge in [0.2, 0.25) is 0 Å². The number of nitrogens with two attached hydrogens (primary N) is 1. The van der Waals surface area contributed by atoms with Crippen LogP contribution in [0.1, 0.15) is 12.8 Å². The smallest absolute Gasteiger partial charge is 0.0486 e. The molecule has 0 bridgehead atoms. The Balaban J connectivity index is 0.000000810. The van der Waals surface area contributed by atoms with Gasteiger partial charge in [0.05, 0.1) is 0 Å². The zero-order valence-electron chi connectivity index (χ0n) is 6.01. The summed E-state index contributed by atoms with van der Waals surface area (Å²) in [5.41, 5.74) is 5.72. The van der Waals surface area contributed by atoms with Gasteiger partial charge in [0.1, 0.15) is 0 Å². The zero-order valence-corrected chi connectivity index (χ0v) is 6.82. The SMILES string of the molecule is C=CC1(N)CCOCC1.Cl. The van der Waals surface area contributed by atoms with Crippen LogP contribution >= 0.6 is 12.4 Å². The van der Waals surface area contributed by atoms with Gasteiger partial charge in [-0.1, -0.05) is 6.08 Å². The Morgan fingerprint density at radius 3 is 2.20 bits per heavy atom. The van der Waals surface area contributed by atoms with Gasteiger partial charge in [-0.2, -0.15) is 0 Å². The fourth-order valence-corrected chi connectivity index (χ4v) is 0.956. The molecule has 0 saturated carbocycles. The van der Waals surface area contributed by atoms with E-state index in [9.17, 15) is 0 Å². The first-order chi connectivity index (χ1) is 4.27. The van der Waals surface area contributed by atoms with Crippen molar-refractivity contribution in [3.05, 3.63) is 12.7 Å². The zero-order chi connectivity index (χ0) is 6.74. The molecule has 1 rings (SSSR count). The van der Waals surface area contributed by atoms with Crippen molar-refractivity contribution >= 4 is 12.4 Å². The summed E-state index contributed by atoms with van der Waals surface area (Å²) in [6, 6.07) is 0. The molecule has 0 aliphatic carbocycles. The third-order valence-electron chi connectivity index (χ3n) is 1.83. The van der Waals surface area contributed by atoms with E-state index in [1.807, 2.05) is 6.08 Å². The molecule has 0 amide bonds. The van der Waals surface area contributed by atoms with E-state index in [0.717, 1.165) is 26.1 Å². The van der Waals surface area contributed by atoms with Crippen molar-refractivity contribution in [2.24, 2.45) is 5.73 Å². The first-order valence-corrected chi connectivity index (χ1v) is 3.27. The number of halogens is 1.